The minimum absolute atomic E-state index is 0.158. The highest BCUT2D eigenvalue weighted by Gasteiger charge is 2.38. The van der Waals surface area contributed by atoms with Crippen molar-refractivity contribution in [1.29, 1.82) is 0 Å². The Labute approximate surface area is 242 Å². The van der Waals surface area contributed by atoms with Gasteiger partial charge in [-0.15, -0.1) is 0 Å². The summed E-state index contributed by atoms with van der Waals surface area (Å²) < 4.78 is 28.8. The van der Waals surface area contributed by atoms with E-state index in [1.54, 1.807) is 4.31 Å². The largest absolute Gasteiger partial charge is 0.395 e. The molecule has 0 aromatic heterocycles. The highest BCUT2D eigenvalue weighted by atomic mass is 32.2. The normalized spacial score (nSPS) is 26.5. The molecule has 4 atom stereocenters. The number of rotatable bonds is 15. The summed E-state index contributed by atoms with van der Waals surface area (Å²) in [6.45, 7) is 8.26. The van der Waals surface area contributed by atoms with Crippen molar-refractivity contribution in [2.24, 2.45) is 17.8 Å². The Hall–Kier alpha value is -1.65. The molecule has 0 aromatic carbocycles. The van der Waals surface area contributed by atoms with Crippen LogP contribution in [0.4, 0.5) is 0 Å². The summed E-state index contributed by atoms with van der Waals surface area (Å²) in [7, 11) is -3.50. The molecule has 1 aliphatic heterocycles. The van der Waals surface area contributed by atoms with Crippen molar-refractivity contribution in [3.05, 3.63) is 11.8 Å². The lowest BCUT2D eigenvalue weighted by Gasteiger charge is -2.36. The fourth-order valence-corrected chi connectivity index (χ4v) is 9.05. The molecule has 10 heteroatoms. The topological polar surface area (TPSA) is 128 Å². The van der Waals surface area contributed by atoms with Crippen molar-refractivity contribution >= 4 is 21.8 Å². The molecule has 0 spiro atoms. The molecule has 230 valence electrons. The minimum Gasteiger partial charge on any atom is -0.395 e. The van der Waals surface area contributed by atoms with Gasteiger partial charge >= 0.3 is 0 Å². The van der Waals surface area contributed by atoms with Crippen molar-refractivity contribution in [3.8, 4) is 0 Å². The van der Waals surface area contributed by atoms with Gasteiger partial charge in [0.05, 0.1) is 11.9 Å². The van der Waals surface area contributed by atoms with Crippen LogP contribution in [0.3, 0.4) is 0 Å². The van der Waals surface area contributed by atoms with E-state index in [2.05, 4.69) is 22.9 Å². The molecule has 2 amide bonds. The van der Waals surface area contributed by atoms with Gasteiger partial charge < -0.3 is 21.1 Å². The lowest BCUT2D eigenvalue weighted by Crippen LogP contribution is -2.49. The van der Waals surface area contributed by atoms with Gasteiger partial charge in [0.1, 0.15) is 6.04 Å². The number of fused-ring (bicyclic) bond motifs is 1. The predicted octanol–water partition coefficient (Wildman–Crippen LogP) is 3.44. The van der Waals surface area contributed by atoms with Gasteiger partial charge in [-0.05, 0) is 81.4 Å². The summed E-state index contributed by atoms with van der Waals surface area (Å²) in [4.78, 5) is 24.9. The lowest BCUT2D eigenvalue weighted by molar-refractivity contribution is -0.128. The molecule has 2 unspecified atom stereocenters. The summed E-state index contributed by atoms with van der Waals surface area (Å²) in [5.74, 6) is 0.747. The third-order valence-electron chi connectivity index (χ3n) is 9.00. The number of aliphatic hydroxyl groups is 1. The highest BCUT2D eigenvalue weighted by molar-refractivity contribution is 7.89. The summed E-state index contributed by atoms with van der Waals surface area (Å²) in [5, 5.41) is 19.1. The molecule has 0 bridgehead atoms. The van der Waals surface area contributed by atoms with Crippen LogP contribution in [0.2, 0.25) is 0 Å². The minimum atomic E-state index is -3.50. The summed E-state index contributed by atoms with van der Waals surface area (Å²) >= 11 is 0. The maximum absolute atomic E-state index is 13.6. The first-order valence-corrected chi connectivity index (χ1v) is 17.1. The fraction of sp³-hybridized carbons (Fsp3) is 0.867. The number of sulfonamides is 1. The van der Waals surface area contributed by atoms with E-state index in [0.717, 1.165) is 25.7 Å². The predicted molar refractivity (Wildman–Crippen MR) is 159 cm³/mol. The average molecular weight is 583 g/mol. The van der Waals surface area contributed by atoms with E-state index < -0.39 is 22.1 Å². The number of carbonyl (C=O) groups excluding carboxylic acids is 2. The van der Waals surface area contributed by atoms with Crippen molar-refractivity contribution < 1.29 is 23.1 Å². The van der Waals surface area contributed by atoms with Crippen LogP contribution in [0, 0.1) is 17.8 Å². The van der Waals surface area contributed by atoms with E-state index in [1.807, 2.05) is 20.0 Å². The van der Waals surface area contributed by atoms with Gasteiger partial charge in [0, 0.05) is 38.0 Å². The first-order chi connectivity index (χ1) is 19.0. The monoisotopic (exact) mass is 582 g/mol. The number of hydrogen-bond acceptors (Lipinski definition) is 6. The van der Waals surface area contributed by atoms with Gasteiger partial charge in [-0.1, -0.05) is 40.0 Å². The van der Waals surface area contributed by atoms with Crippen LogP contribution in [0.25, 0.3) is 0 Å². The van der Waals surface area contributed by atoms with Gasteiger partial charge in [-0.2, -0.15) is 4.31 Å². The number of carbonyl (C=O) groups is 2. The van der Waals surface area contributed by atoms with E-state index in [1.165, 1.54) is 25.3 Å². The second kappa shape index (κ2) is 15.5. The molecule has 4 N–H and O–H groups in total. The molecule has 1 heterocycles. The second-order valence-electron chi connectivity index (χ2n) is 12.9. The van der Waals surface area contributed by atoms with Crippen LogP contribution in [-0.4, -0.2) is 72.7 Å². The van der Waals surface area contributed by atoms with Gasteiger partial charge in [-0.25, -0.2) is 8.42 Å². The zero-order chi connectivity index (χ0) is 29.3. The molecular weight excluding hydrogens is 528 g/mol. The van der Waals surface area contributed by atoms with Crippen LogP contribution in [0.1, 0.15) is 105 Å². The van der Waals surface area contributed by atoms with E-state index in [-0.39, 0.29) is 29.6 Å². The number of nitrogens with zero attached hydrogens (tertiary/aromatic N) is 1. The number of nitrogens with one attached hydrogen (secondary N) is 3. The molecule has 2 aliphatic carbocycles. The smallest absolute Gasteiger partial charge is 0.242 e. The SMILES string of the molecule is CC(=O)N[C@@H](CC1=CNC2CCCCC12)C(=O)NCCCC[C@@H](CO)N(CC(C)C)S(=O)(=O)C1CCC(C)CC1. The molecule has 0 radical (unpaired) electrons. The average Bonchev–Trinajstić information content (AvgIpc) is 3.32. The number of unbranched alkanes of at least 4 members (excludes halogenated alkanes) is 1. The standard InChI is InChI=1S/C30H54N4O5S/c1-21(2)19-34(40(38,39)26-14-12-22(3)13-15-26)25(20-35)9-7-8-16-31-30(37)29(33-23(4)36)17-24-18-32-28-11-6-5-10-27(24)28/h18,21-22,25-29,32,35H,5-17,19-20H2,1-4H3,(H,31,37)(H,33,36)/t22?,25-,26?,27?,28?,29-/m0/s1. The Morgan fingerprint density at radius 3 is 2.45 bits per heavy atom. The van der Waals surface area contributed by atoms with Crippen molar-refractivity contribution in [1.82, 2.24) is 20.3 Å². The molecule has 9 nitrogen and oxygen atoms in total. The van der Waals surface area contributed by atoms with Crippen LogP contribution in [0.5, 0.6) is 0 Å². The third kappa shape index (κ3) is 9.18. The Kier molecular flexibility index (Phi) is 12.8. The molecule has 3 aliphatic rings. The van der Waals surface area contributed by atoms with Gasteiger partial charge in [0.2, 0.25) is 21.8 Å². The highest BCUT2D eigenvalue weighted by Crippen LogP contribution is 2.36. The molecule has 0 aromatic rings. The maximum Gasteiger partial charge on any atom is 0.242 e. The van der Waals surface area contributed by atoms with Crippen molar-refractivity contribution in [2.75, 3.05) is 19.7 Å². The third-order valence-corrected chi connectivity index (χ3v) is 11.4. The molecule has 2 saturated carbocycles. The summed E-state index contributed by atoms with van der Waals surface area (Å²) in [6, 6.07) is -0.619. The van der Waals surface area contributed by atoms with E-state index in [0.29, 0.717) is 69.5 Å². The Balaban J connectivity index is 1.50. The second-order valence-corrected chi connectivity index (χ2v) is 15.0. The van der Waals surface area contributed by atoms with Gasteiger partial charge in [0.15, 0.2) is 0 Å². The van der Waals surface area contributed by atoms with Crippen LogP contribution in [-0.2, 0) is 19.6 Å². The Morgan fingerprint density at radius 2 is 1.80 bits per heavy atom. The fourth-order valence-electron chi connectivity index (χ4n) is 6.70. The lowest BCUT2D eigenvalue weighted by atomic mass is 9.80. The first-order valence-electron chi connectivity index (χ1n) is 15.6. The van der Waals surface area contributed by atoms with Crippen LogP contribution < -0.4 is 16.0 Å². The Bertz CT molecular complexity index is 961. The zero-order valence-electron chi connectivity index (χ0n) is 25.2. The van der Waals surface area contributed by atoms with Crippen LogP contribution in [0.15, 0.2) is 11.8 Å². The molecule has 2 fully saturated rings. The number of hydrogen-bond donors (Lipinski definition) is 4. The zero-order valence-corrected chi connectivity index (χ0v) is 26.0. The molecule has 40 heavy (non-hydrogen) atoms. The summed E-state index contributed by atoms with van der Waals surface area (Å²) in [6.07, 6.45) is 12.4. The summed E-state index contributed by atoms with van der Waals surface area (Å²) in [5.41, 5.74) is 1.21. The maximum atomic E-state index is 13.6. The van der Waals surface area contributed by atoms with E-state index in [9.17, 15) is 23.1 Å². The van der Waals surface area contributed by atoms with Gasteiger partial charge in [-0.3, -0.25) is 9.59 Å². The molecule has 0 saturated heterocycles. The van der Waals surface area contributed by atoms with Crippen molar-refractivity contribution in [2.45, 2.75) is 128 Å². The van der Waals surface area contributed by atoms with Crippen LogP contribution >= 0.6 is 0 Å². The van der Waals surface area contributed by atoms with Gasteiger partial charge in [0.25, 0.3) is 0 Å². The number of amides is 2. The quantitative estimate of drug-likeness (QED) is 0.219. The first kappa shape index (κ1) is 32.9. The molecular formula is C30H54N4O5S. The Morgan fingerprint density at radius 1 is 1.10 bits per heavy atom. The van der Waals surface area contributed by atoms with Crippen molar-refractivity contribution in [3.63, 3.8) is 0 Å². The number of aliphatic hydroxyl groups excluding tert-OH is 1. The molecule has 3 rings (SSSR count). The van der Waals surface area contributed by atoms with E-state index in [4.69, 9.17) is 0 Å². The van der Waals surface area contributed by atoms with E-state index >= 15 is 0 Å².